The van der Waals surface area contributed by atoms with E-state index in [-0.39, 0.29) is 12.8 Å². The van der Waals surface area contributed by atoms with Crippen molar-refractivity contribution in [3.8, 4) is 0 Å². The fourth-order valence-corrected chi connectivity index (χ4v) is 8.08. The average Bonchev–Trinajstić information content (AvgIpc) is 3.77. The highest BCUT2D eigenvalue weighted by Gasteiger charge is 2.32. The number of rotatable bonds is 16. The van der Waals surface area contributed by atoms with Gasteiger partial charge < -0.3 is 32.1 Å². The number of benzene rings is 2. The van der Waals surface area contributed by atoms with Gasteiger partial charge >= 0.3 is 11.9 Å². The third kappa shape index (κ3) is 7.81. The van der Waals surface area contributed by atoms with E-state index in [2.05, 4.69) is 10.5 Å². The molecule has 8 N–H and O–H groups in total. The van der Waals surface area contributed by atoms with Crippen molar-refractivity contribution >= 4 is 104 Å². The maximum Gasteiger partial charge on any atom is 0.320 e. The predicted octanol–water partition coefficient (Wildman–Crippen LogP) is 2.07. The van der Waals surface area contributed by atoms with Crippen LogP contribution in [0.15, 0.2) is 71.4 Å². The lowest BCUT2D eigenvalue weighted by atomic mass is 9.78. The van der Waals surface area contributed by atoms with Crippen molar-refractivity contribution in [3.63, 3.8) is 0 Å². The number of hydrogen-bond donors (Lipinski definition) is 6. The molecule has 3 heterocycles. The highest BCUT2D eigenvalue weighted by molar-refractivity contribution is 7.25. The number of carbonyl (C=O) groups is 4. The van der Waals surface area contributed by atoms with Crippen LogP contribution in [0.4, 0.5) is 0 Å². The van der Waals surface area contributed by atoms with Crippen molar-refractivity contribution in [1.82, 2.24) is 10.5 Å². The van der Waals surface area contributed by atoms with Crippen molar-refractivity contribution < 1.29 is 29.4 Å². The molecular weight excluding hydrogens is 630 g/mol. The lowest BCUT2D eigenvalue weighted by molar-refractivity contribution is -0.140. The average molecular weight is 658 g/mol. The summed E-state index contributed by atoms with van der Waals surface area (Å²) in [7, 11) is 3.25. The Kier molecular flexibility index (Phi) is 10.4. The van der Waals surface area contributed by atoms with Gasteiger partial charge in [-0.1, -0.05) is 47.3 Å². The molecule has 4 atom stereocenters. The van der Waals surface area contributed by atoms with Gasteiger partial charge in [0.2, 0.25) is 26.6 Å². The molecule has 10 nitrogen and oxygen atoms in total. The van der Waals surface area contributed by atoms with Crippen LogP contribution in [0.25, 0.3) is 20.2 Å². The highest BCUT2D eigenvalue weighted by atomic mass is 32.1. The second-order valence-electron chi connectivity index (χ2n) is 10.5. The normalized spacial score (nSPS) is 14.0. The Morgan fingerprint density at radius 3 is 1.44 bits per heavy atom. The van der Waals surface area contributed by atoms with Crippen LogP contribution in [0.3, 0.4) is 0 Å². The number of primary amides is 2. The molecule has 0 saturated heterocycles. The first kappa shape index (κ1) is 32.4. The molecule has 45 heavy (non-hydrogen) atoms. The summed E-state index contributed by atoms with van der Waals surface area (Å²) in [6.07, 6.45) is -0.224. The van der Waals surface area contributed by atoms with E-state index in [9.17, 15) is 29.4 Å². The van der Waals surface area contributed by atoms with Crippen molar-refractivity contribution in [1.29, 1.82) is 0 Å². The number of thiophene rings is 3. The Bertz CT molecular complexity index is 1700. The van der Waals surface area contributed by atoms with Gasteiger partial charge in [-0.3, -0.25) is 19.2 Å². The van der Waals surface area contributed by atoms with E-state index in [0.29, 0.717) is 0 Å². The van der Waals surface area contributed by atoms with Crippen LogP contribution in [-0.4, -0.2) is 60.9 Å². The first-order valence-electron chi connectivity index (χ1n) is 13.8. The zero-order valence-corrected chi connectivity index (χ0v) is 26.2. The molecule has 0 fully saturated rings. The van der Waals surface area contributed by atoms with Crippen LogP contribution in [0.2, 0.25) is 0 Å². The highest BCUT2D eigenvalue weighted by Crippen LogP contribution is 2.33. The summed E-state index contributed by atoms with van der Waals surface area (Å²) in [5.74, 6) is -4.64. The van der Waals surface area contributed by atoms with Crippen LogP contribution in [0.1, 0.15) is 34.4 Å². The first-order chi connectivity index (χ1) is 21.6. The Hall–Kier alpha value is -4.01. The fraction of sp³-hybridized carbons (Fsp3) is 0.200. The molecule has 0 aliphatic rings. The van der Waals surface area contributed by atoms with E-state index in [0.717, 1.165) is 40.9 Å². The standard InChI is InChI=1S/C30H28B2N4O6S3/c33-25(37)13-19(21-3-1-9-43-21)27(29(39)40)35-31-15-5-7-23-17(11-15)18-12-16(6-8-24(18)45-23)32-36-28(30(41)42)20(14-26(34)38)22-4-2-10-44-22/h1-12,19-20,27-28,35-36H,13-14H2,(H2,33,37)(H2,34,38)(H,39,40)(H,41,42)/t19?,20?,27-,28-/m0/s1. The van der Waals surface area contributed by atoms with E-state index in [4.69, 9.17) is 11.5 Å². The third-order valence-electron chi connectivity index (χ3n) is 7.37. The molecule has 3 aromatic heterocycles. The van der Waals surface area contributed by atoms with Crippen molar-refractivity contribution in [2.24, 2.45) is 11.5 Å². The summed E-state index contributed by atoms with van der Waals surface area (Å²) in [6.45, 7) is 0. The van der Waals surface area contributed by atoms with E-state index in [1.165, 1.54) is 22.7 Å². The molecule has 0 saturated carbocycles. The number of carboxylic acids is 2. The minimum atomic E-state index is -1.10. The van der Waals surface area contributed by atoms with Crippen molar-refractivity contribution in [2.75, 3.05) is 0 Å². The van der Waals surface area contributed by atoms with Crippen molar-refractivity contribution in [3.05, 3.63) is 81.2 Å². The van der Waals surface area contributed by atoms with E-state index >= 15 is 0 Å². The summed E-state index contributed by atoms with van der Waals surface area (Å²) in [5.41, 5.74) is 12.4. The molecule has 0 aliphatic carbocycles. The zero-order valence-electron chi connectivity index (χ0n) is 23.7. The molecule has 228 valence electrons. The Labute approximate surface area is 272 Å². The van der Waals surface area contributed by atoms with Gasteiger partial charge in [0.15, 0.2) is 0 Å². The molecule has 0 bridgehead atoms. The molecule has 15 heteroatoms. The number of nitrogens with two attached hydrogens (primary N) is 2. The van der Waals surface area contributed by atoms with Gasteiger partial charge in [-0.25, -0.2) is 0 Å². The molecule has 5 rings (SSSR count). The Morgan fingerprint density at radius 1 is 0.689 bits per heavy atom. The van der Waals surface area contributed by atoms with Gasteiger partial charge in [0.05, 0.1) is 0 Å². The van der Waals surface area contributed by atoms with Crippen LogP contribution in [0, 0.1) is 0 Å². The van der Waals surface area contributed by atoms with E-state index < -0.39 is 47.7 Å². The molecule has 2 unspecified atom stereocenters. The maximum absolute atomic E-state index is 12.2. The van der Waals surface area contributed by atoms with Gasteiger partial charge in [-0.15, -0.1) is 34.0 Å². The number of carbonyl (C=O) groups excluding carboxylic acids is 2. The second kappa shape index (κ2) is 14.4. The molecule has 2 aromatic carbocycles. The minimum Gasteiger partial charge on any atom is -0.480 e. The topological polar surface area (TPSA) is 185 Å². The number of amides is 2. The van der Waals surface area contributed by atoms with Crippen LogP contribution in [0.5, 0.6) is 0 Å². The van der Waals surface area contributed by atoms with Gasteiger partial charge in [0.25, 0.3) is 0 Å². The molecule has 0 aliphatic heterocycles. The van der Waals surface area contributed by atoms with Crippen molar-refractivity contribution in [2.45, 2.75) is 36.8 Å². The second-order valence-corrected chi connectivity index (χ2v) is 13.5. The number of nitrogens with one attached hydrogen (secondary N) is 2. The van der Waals surface area contributed by atoms with E-state index in [1.54, 1.807) is 50.4 Å². The van der Waals surface area contributed by atoms with Crippen LogP contribution < -0.4 is 32.8 Å². The zero-order chi connectivity index (χ0) is 32.1. The monoisotopic (exact) mass is 658 g/mol. The molecule has 0 spiro atoms. The fourth-order valence-electron chi connectivity index (χ4n) is 5.29. The van der Waals surface area contributed by atoms with Gasteiger partial charge in [0, 0.05) is 43.8 Å². The number of fused-ring (bicyclic) bond motifs is 3. The van der Waals surface area contributed by atoms with Crippen LogP contribution >= 0.6 is 34.0 Å². The minimum absolute atomic E-state index is 0.112. The Balaban J connectivity index is 1.36. The lowest BCUT2D eigenvalue weighted by Gasteiger charge is -2.23. The lowest BCUT2D eigenvalue weighted by Crippen LogP contribution is -2.47. The molecule has 2 amide bonds. The smallest absolute Gasteiger partial charge is 0.320 e. The first-order valence-corrected chi connectivity index (χ1v) is 16.4. The van der Waals surface area contributed by atoms with Gasteiger partial charge in [-0.2, -0.15) is 0 Å². The molecule has 5 aromatic rings. The van der Waals surface area contributed by atoms with Crippen LogP contribution in [-0.2, 0) is 19.2 Å². The predicted molar refractivity (Wildman–Crippen MR) is 181 cm³/mol. The summed E-state index contributed by atoms with van der Waals surface area (Å²) < 4.78 is 2.05. The summed E-state index contributed by atoms with van der Waals surface area (Å²) >= 11 is 4.35. The largest absolute Gasteiger partial charge is 0.480 e. The molecular formula is C30H28B2N4O6S3. The quantitative estimate of drug-likeness (QED) is 0.0871. The number of carboxylic acid groups (broad SMARTS) is 2. The third-order valence-corrected chi connectivity index (χ3v) is 10.5. The number of aliphatic carboxylic acids is 2. The SMILES string of the molecule is NC(=O)CC(c1cccs1)[C@H](N[B]c1ccc2sc3ccc([B]N[C@H](C(=O)O)C(CC(N)=O)c4cccs4)cc3c2c1)C(=O)O. The van der Waals surface area contributed by atoms with Gasteiger partial charge in [0.1, 0.15) is 12.1 Å². The van der Waals surface area contributed by atoms with Gasteiger partial charge in [-0.05, 0) is 45.8 Å². The Morgan fingerprint density at radius 2 is 1.11 bits per heavy atom. The summed E-state index contributed by atoms with van der Waals surface area (Å²) in [5, 5.41) is 31.5. The summed E-state index contributed by atoms with van der Waals surface area (Å²) in [4.78, 5) is 49.5. The summed E-state index contributed by atoms with van der Waals surface area (Å²) in [6, 6.07) is 16.6. The van der Waals surface area contributed by atoms with E-state index in [1.807, 2.05) is 47.2 Å². The molecule has 2 radical (unpaired) electrons. The number of hydrogen-bond acceptors (Lipinski definition) is 9. The maximum atomic E-state index is 12.2.